The number of hydrogen-bond donors (Lipinski definition) is 0. The summed E-state index contributed by atoms with van der Waals surface area (Å²) in [5.41, 5.74) is 0. The third kappa shape index (κ3) is 53.3. The normalized spacial score (nSPS) is 12.8. The van der Waals surface area contributed by atoms with E-state index in [0.29, 0.717) is 12.8 Å². The first-order chi connectivity index (χ1) is 33.5. The molecule has 0 bridgehead atoms. The van der Waals surface area contributed by atoms with E-state index in [0.717, 1.165) is 96.3 Å². The molecule has 388 valence electrons. The molecule has 0 saturated heterocycles. The van der Waals surface area contributed by atoms with Crippen molar-refractivity contribution in [2.45, 2.75) is 264 Å². The van der Waals surface area contributed by atoms with Gasteiger partial charge in [0.1, 0.15) is 13.2 Å². The SMILES string of the molecule is CC/C=C\C/C=C\C/C=C\C/C=C\C/C=C\CC(=O)OCC(COC(=O)CCCCCCCCCCC/C=C\CCCCCCCC)OC(=O)CCCCCCC/C=C\C/C=C\CCCCCC. The van der Waals surface area contributed by atoms with Crippen molar-refractivity contribution in [3.8, 4) is 0 Å². The average Bonchev–Trinajstić information content (AvgIpc) is 3.34. The van der Waals surface area contributed by atoms with Crippen molar-refractivity contribution < 1.29 is 28.6 Å². The molecule has 0 saturated carbocycles. The number of esters is 3. The molecule has 0 N–H and O–H groups in total. The highest BCUT2D eigenvalue weighted by atomic mass is 16.6. The van der Waals surface area contributed by atoms with Crippen LogP contribution in [0.25, 0.3) is 0 Å². The van der Waals surface area contributed by atoms with E-state index in [1.807, 2.05) is 6.08 Å². The van der Waals surface area contributed by atoms with Gasteiger partial charge in [-0.2, -0.15) is 0 Å². The highest BCUT2D eigenvalue weighted by Gasteiger charge is 2.19. The van der Waals surface area contributed by atoms with Crippen LogP contribution in [0, 0.1) is 0 Å². The number of carbonyl (C=O) groups is 3. The van der Waals surface area contributed by atoms with Crippen LogP contribution in [0.5, 0.6) is 0 Å². The fraction of sp³-hybridized carbons (Fsp3) is 0.694. The molecule has 0 radical (unpaired) electrons. The maximum atomic E-state index is 12.8. The second-order valence-corrected chi connectivity index (χ2v) is 18.5. The van der Waals surface area contributed by atoms with E-state index in [9.17, 15) is 14.4 Å². The van der Waals surface area contributed by atoms with Crippen LogP contribution in [0.15, 0.2) is 97.2 Å². The molecule has 0 aliphatic heterocycles. The Kier molecular flexibility index (Phi) is 52.9. The molecule has 1 unspecified atom stereocenters. The van der Waals surface area contributed by atoms with E-state index in [1.165, 1.54) is 122 Å². The Bertz CT molecular complexity index is 1360. The first kappa shape index (κ1) is 64.3. The van der Waals surface area contributed by atoms with Gasteiger partial charge >= 0.3 is 17.9 Å². The molecular formula is C62H104O6. The van der Waals surface area contributed by atoms with E-state index >= 15 is 0 Å². The Labute approximate surface area is 419 Å². The molecule has 0 aliphatic carbocycles. The van der Waals surface area contributed by atoms with Crippen molar-refractivity contribution >= 4 is 17.9 Å². The zero-order valence-corrected chi connectivity index (χ0v) is 44.3. The van der Waals surface area contributed by atoms with Crippen LogP contribution in [0.4, 0.5) is 0 Å². The number of hydrogen-bond acceptors (Lipinski definition) is 6. The summed E-state index contributed by atoms with van der Waals surface area (Å²) < 4.78 is 16.7. The van der Waals surface area contributed by atoms with Crippen molar-refractivity contribution in [2.24, 2.45) is 0 Å². The van der Waals surface area contributed by atoms with Crippen LogP contribution >= 0.6 is 0 Å². The van der Waals surface area contributed by atoms with Gasteiger partial charge < -0.3 is 14.2 Å². The van der Waals surface area contributed by atoms with Gasteiger partial charge in [0, 0.05) is 12.8 Å². The lowest BCUT2D eigenvalue weighted by Gasteiger charge is -2.18. The minimum absolute atomic E-state index is 0.114. The monoisotopic (exact) mass is 945 g/mol. The van der Waals surface area contributed by atoms with Gasteiger partial charge in [-0.05, 0) is 103 Å². The fourth-order valence-corrected chi connectivity index (χ4v) is 7.60. The number of unbranched alkanes of at least 4 members (excludes halogenated alkanes) is 24. The smallest absolute Gasteiger partial charge is 0.309 e. The molecule has 0 spiro atoms. The van der Waals surface area contributed by atoms with E-state index < -0.39 is 12.1 Å². The molecule has 0 heterocycles. The molecule has 0 fully saturated rings. The third-order valence-corrected chi connectivity index (χ3v) is 11.8. The second-order valence-electron chi connectivity index (χ2n) is 18.5. The minimum Gasteiger partial charge on any atom is -0.462 e. The minimum atomic E-state index is -0.826. The molecule has 0 aromatic heterocycles. The van der Waals surface area contributed by atoms with Crippen molar-refractivity contribution in [1.29, 1.82) is 0 Å². The second kappa shape index (κ2) is 55.9. The molecule has 0 aromatic carbocycles. The van der Waals surface area contributed by atoms with Crippen molar-refractivity contribution in [1.82, 2.24) is 0 Å². The maximum Gasteiger partial charge on any atom is 0.309 e. The number of allylic oxidation sites excluding steroid dienone is 15. The van der Waals surface area contributed by atoms with Gasteiger partial charge in [-0.15, -0.1) is 0 Å². The Morgan fingerprint density at radius 2 is 0.632 bits per heavy atom. The Morgan fingerprint density at radius 1 is 0.324 bits per heavy atom. The zero-order chi connectivity index (χ0) is 49.3. The lowest BCUT2D eigenvalue weighted by Crippen LogP contribution is -2.30. The Balaban J connectivity index is 4.49. The Hall–Kier alpha value is -3.67. The number of ether oxygens (including phenoxy) is 3. The standard InChI is InChI=1S/C62H104O6/c1-4-7-10-13-16-19-22-25-28-30-31-32-35-37-40-43-46-49-52-55-61(64)67-58-59(57-66-60(63)54-51-48-45-42-39-36-33-27-24-21-18-15-12-9-6-3)68-62(65)56-53-50-47-44-41-38-34-29-26-23-20-17-14-11-8-5-2/h9,12,18,20-21,23,25,27-29,33-34,39,42,48,51,59H,4-8,10-11,13-17,19,22,24,26,30-32,35-38,40-41,43-47,49-50,52-58H2,1-3H3/b12-9-,21-18-,23-20-,28-25-,33-27-,34-29-,42-39-,51-48-. The van der Waals surface area contributed by atoms with E-state index in [1.54, 1.807) is 6.08 Å². The molecule has 6 heteroatoms. The summed E-state index contributed by atoms with van der Waals surface area (Å²) in [6, 6.07) is 0. The summed E-state index contributed by atoms with van der Waals surface area (Å²) >= 11 is 0. The summed E-state index contributed by atoms with van der Waals surface area (Å²) in [6.45, 7) is 6.41. The molecular weight excluding hydrogens is 841 g/mol. The van der Waals surface area contributed by atoms with Gasteiger partial charge in [-0.25, -0.2) is 0 Å². The number of carbonyl (C=O) groups excluding carboxylic acids is 3. The number of rotatable bonds is 50. The van der Waals surface area contributed by atoms with Gasteiger partial charge in [0.15, 0.2) is 6.10 Å². The maximum absolute atomic E-state index is 12.8. The van der Waals surface area contributed by atoms with Crippen LogP contribution in [0.3, 0.4) is 0 Å². The molecule has 0 aliphatic rings. The van der Waals surface area contributed by atoms with Crippen LogP contribution in [0.2, 0.25) is 0 Å². The third-order valence-electron chi connectivity index (χ3n) is 11.8. The summed E-state index contributed by atoms with van der Waals surface area (Å²) in [4.78, 5) is 38.1. The highest BCUT2D eigenvalue weighted by molar-refractivity contribution is 5.72. The molecule has 6 nitrogen and oxygen atoms in total. The zero-order valence-electron chi connectivity index (χ0n) is 44.3. The van der Waals surface area contributed by atoms with Crippen LogP contribution in [-0.4, -0.2) is 37.2 Å². The average molecular weight is 946 g/mol. The lowest BCUT2D eigenvalue weighted by atomic mass is 10.1. The van der Waals surface area contributed by atoms with Gasteiger partial charge in [0.25, 0.3) is 0 Å². The van der Waals surface area contributed by atoms with Gasteiger partial charge in [-0.1, -0.05) is 234 Å². The molecule has 68 heavy (non-hydrogen) atoms. The largest absolute Gasteiger partial charge is 0.462 e. The van der Waals surface area contributed by atoms with Crippen molar-refractivity contribution in [3.05, 3.63) is 97.2 Å². The first-order valence-electron chi connectivity index (χ1n) is 28.2. The van der Waals surface area contributed by atoms with E-state index in [2.05, 4.69) is 106 Å². The summed E-state index contributed by atoms with van der Waals surface area (Å²) in [6.07, 6.45) is 74.2. The van der Waals surface area contributed by atoms with Gasteiger partial charge in [0.05, 0.1) is 6.42 Å². The van der Waals surface area contributed by atoms with Crippen LogP contribution in [0.1, 0.15) is 258 Å². The predicted octanol–water partition coefficient (Wildman–Crippen LogP) is 18.9. The molecule has 0 aromatic rings. The topological polar surface area (TPSA) is 78.9 Å². The van der Waals surface area contributed by atoms with E-state index in [4.69, 9.17) is 14.2 Å². The lowest BCUT2D eigenvalue weighted by molar-refractivity contribution is -0.166. The molecule has 0 amide bonds. The van der Waals surface area contributed by atoms with Gasteiger partial charge in [0.2, 0.25) is 0 Å². The fourth-order valence-electron chi connectivity index (χ4n) is 7.60. The molecule has 0 rings (SSSR count). The quantitative estimate of drug-likeness (QED) is 0.0262. The van der Waals surface area contributed by atoms with Crippen LogP contribution < -0.4 is 0 Å². The van der Waals surface area contributed by atoms with Crippen LogP contribution in [-0.2, 0) is 28.6 Å². The van der Waals surface area contributed by atoms with Gasteiger partial charge in [-0.3, -0.25) is 14.4 Å². The summed E-state index contributed by atoms with van der Waals surface area (Å²) in [5.74, 6) is -1.06. The first-order valence-corrected chi connectivity index (χ1v) is 28.2. The molecule has 1 atom stereocenters. The summed E-state index contributed by atoms with van der Waals surface area (Å²) in [5, 5.41) is 0. The van der Waals surface area contributed by atoms with E-state index in [-0.39, 0.29) is 31.6 Å². The predicted molar refractivity (Wildman–Crippen MR) is 293 cm³/mol. The van der Waals surface area contributed by atoms with Crippen molar-refractivity contribution in [2.75, 3.05) is 13.2 Å². The summed E-state index contributed by atoms with van der Waals surface area (Å²) in [7, 11) is 0. The Morgan fingerprint density at radius 3 is 1.06 bits per heavy atom. The highest BCUT2D eigenvalue weighted by Crippen LogP contribution is 2.14. The van der Waals surface area contributed by atoms with Crippen molar-refractivity contribution in [3.63, 3.8) is 0 Å².